The molecular weight excluding hydrogens is 184 g/mol. The van der Waals surface area contributed by atoms with Crippen molar-refractivity contribution in [3.63, 3.8) is 0 Å². The summed E-state index contributed by atoms with van der Waals surface area (Å²) in [6, 6.07) is 6.61. The highest BCUT2D eigenvalue weighted by atomic mass is 32.2. The van der Waals surface area contributed by atoms with E-state index in [9.17, 15) is 8.42 Å². The Morgan fingerprint density at radius 3 is 2.23 bits per heavy atom. The molecule has 0 fully saturated rings. The predicted octanol–water partition coefficient (Wildman–Crippen LogP) is 1.61. The molecule has 1 rings (SSSR count). The van der Waals surface area contributed by atoms with Crippen LogP contribution in [0.4, 0.5) is 0 Å². The number of benzene rings is 1. The molecule has 0 bridgehead atoms. The van der Waals surface area contributed by atoms with E-state index in [2.05, 4.69) is 0 Å². The molecule has 0 atom stereocenters. The molecule has 13 heavy (non-hydrogen) atoms. The first kappa shape index (κ1) is 9.82. The third-order valence-electron chi connectivity index (χ3n) is 1.80. The maximum absolute atomic E-state index is 11.2. The molecule has 0 heterocycles. The van der Waals surface area contributed by atoms with E-state index in [1.165, 1.54) is 12.1 Å². The van der Waals surface area contributed by atoms with Gasteiger partial charge in [-0.2, -0.15) is 0 Å². The van der Waals surface area contributed by atoms with Gasteiger partial charge in [-0.15, -0.1) is 6.42 Å². The fraction of sp³-hybridized carbons (Fsp3) is 0.200. The van der Waals surface area contributed by atoms with Gasteiger partial charge in [0.1, 0.15) is 0 Å². The molecule has 0 radical (unpaired) electrons. The third-order valence-corrected chi connectivity index (χ3v) is 3.00. The van der Waals surface area contributed by atoms with Gasteiger partial charge in [-0.3, -0.25) is 0 Å². The van der Waals surface area contributed by atoms with Gasteiger partial charge >= 0.3 is 0 Å². The van der Waals surface area contributed by atoms with Crippen LogP contribution in [-0.2, 0) is 16.3 Å². The zero-order valence-corrected chi connectivity index (χ0v) is 8.14. The van der Waals surface area contributed by atoms with Crippen molar-refractivity contribution in [3.8, 4) is 11.7 Å². The summed E-state index contributed by atoms with van der Waals surface area (Å²) < 4.78 is 22.3. The molecule has 0 unspecified atom stereocenters. The van der Waals surface area contributed by atoms with Gasteiger partial charge in [0.25, 0.3) is 0 Å². The Morgan fingerprint density at radius 1 is 1.31 bits per heavy atom. The SMILES string of the molecule is C#CS(=O)(=O)c1ccc(CC)cc1. The maximum Gasteiger partial charge on any atom is 0.244 e. The second-order valence-electron chi connectivity index (χ2n) is 2.62. The van der Waals surface area contributed by atoms with Crippen molar-refractivity contribution in [2.45, 2.75) is 18.2 Å². The molecule has 0 aliphatic rings. The van der Waals surface area contributed by atoms with Gasteiger partial charge in [0.2, 0.25) is 9.84 Å². The van der Waals surface area contributed by atoms with E-state index < -0.39 is 9.84 Å². The minimum atomic E-state index is -3.50. The quantitative estimate of drug-likeness (QED) is 0.529. The number of aryl methyl sites for hydroxylation is 1. The monoisotopic (exact) mass is 194 g/mol. The van der Waals surface area contributed by atoms with E-state index in [-0.39, 0.29) is 4.90 Å². The van der Waals surface area contributed by atoms with Gasteiger partial charge in [0, 0.05) is 5.25 Å². The standard InChI is InChI=1S/C10H10O2S/c1-3-9-5-7-10(8-6-9)13(11,12)4-2/h2,5-8H,3H2,1H3. The lowest BCUT2D eigenvalue weighted by atomic mass is 10.2. The molecule has 1 aromatic rings. The van der Waals surface area contributed by atoms with Gasteiger partial charge in [-0.1, -0.05) is 19.1 Å². The zero-order chi connectivity index (χ0) is 9.90. The minimum absolute atomic E-state index is 0.187. The van der Waals surface area contributed by atoms with Crippen molar-refractivity contribution in [3.05, 3.63) is 29.8 Å². The van der Waals surface area contributed by atoms with Crippen LogP contribution in [0, 0.1) is 11.7 Å². The molecule has 0 aliphatic carbocycles. The topological polar surface area (TPSA) is 34.1 Å². The molecule has 1 aromatic carbocycles. The summed E-state index contributed by atoms with van der Waals surface area (Å²) in [5.74, 6) is 0. The summed E-state index contributed by atoms with van der Waals surface area (Å²) in [5.41, 5.74) is 1.09. The Hall–Kier alpha value is -1.27. The van der Waals surface area contributed by atoms with Gasteiger partial charge < -0.3 is 0 Å². The van der Waals surface area contributed by atoms with E-state index in [4.69, 9.17) is 6.42 Å². The van der Waals surface area contributed by atoms with Crippen molar-refractivity contribution < 1.29 is 8.42 Å². The lowest BCUT2D eigenvalue weighted by Gasteiger charge is -1.98. The molecule has 0 amide bonds. The molecule has 0 N–H and O–H groups in total. The third kappa shape index (κ3) is 2.10. The summed E-state index contributed by atoms with van der Waals surface area (Å²) in [6.45, 7) is 2.00. The average Bonchev–Trinajstić information content (AvgIpc) is 2.18. The van der Waals surface area contributed by atoms with Crippen molar-refractivity contribution in [1.82, 2.24) is 0 Å². The first-order valence-corrected chi connectivity index (χ1v) is 5.40. The van der Waals surface area contributed by atoms with E-state index in [0.717, 1.165) is 12.0 Å². The Labute approximate surface area is 78.5 Å². The van der Waals surface area contributed by atoms with E-state index in [1.807, 2.05) is 6.92 Å². The summed E-state index contributed by atoms with van der Waals surface area (Å²) in [6.07, 6.45) is 5.76. The number of hydrogen-bond donors (Lipinski definition) is 0. The Balaban J connectivity index is 3.16. The molecular formula is C10H10O2S. The van der Waals surface area contributed by atoms with Crippen LogP contribution in [0.2, 0.25) is 0 Å². The number of hydrogen-bond acceptors (Lipinski definition) is 2. The molecule has 0 aromatic heterocycles. The van der Waals surface area contributed by atoms with Crippen molar-refractivity contribution in [2.24, 2.45) is 0 Å². The van der Waals surface area contributed by atoms with Crippen LogP contribution in [0.25, 0.3) is 0 Å². The van der Waals surface area contributed by atoms with Gasteiger partial charge in [0.15, 0.2) is 0 Å². The van der Waals surface area contributed by atoms with Crippen molar-refractivity contribution in [1.29, 1.82) is 0 Å². The smallest absolute Gasteiger partial charge is 0.210 e. The highest BCUT2D eigenvalue weighted by Gasteiger charge is 2.08. The van der Waals surface area contributed by atoms with Crippen LogP contribution in [0.5, 0.6) is 0 Å². The zero-order valence-electron chi connectivity index (χ0n) is 7.32. The van der Waals surface area contributed by atoms with Crippen LogP contribution in [-0.4, -0.2) is 8.42 Å². The number of rotatable bonds is 2. The normalized spacial score (nSPS) is 10.8. The van der Waals surface area contributed by atoms with Crippen molar-refractivity contribution in [2.75, 3.05) is 0 Å². The Morgan fingerprint density at radius 2 is 1.85 bits per heavy atom. The van der Waals surface area contributed by atoms with Crippen LogP contribution in [0.3, 0.4) is 0 Å². The lowest BCUT2D eigenvalue weighted by molar-refractivity contribution is 0.606. The second kappa shape index (κ2) is 3.63. The maximum atomic E-state index is 11.2. The second-order valence-corrected chi connectivity index (χ2v) is 4.33. The molecule has 3 heteroatoms. The largest absolute Gasteiger partial charge is 0.244 e. The molecule has 68 valence electrons. The number of terminal acetylenes is 1. The molecule has 0 aliphatic heterocycles. The van der Waals surface area contributed by atoms with Gasteiger partial charge in [0.05, 0.1) is 4.90 Å². The van der Waals surface area contributed by atoms with Gasteiger partial charge in [-0.25, -0.2) is 8.42 Å². The molecule has 2 nitrogen and oxygen atoms in total. The Kier molecular flexibility index (Phi) is 2.74. The van der Waals surface area contributed by atoms with Crippen LogP contribution < -0.4 is 0 Å². The first-order valence-electron chi connectivity index (χ1n) is 3.91. The van der Waals surface area contributed by atoms with E-state index in [1.54, 1.807) is 17.4 Å². The van der Waals surface area contributed by atoms with Crippen LogP contribution in [0.15, 0.2) is 29.2 Å². The van der Waals surface area contributed by atoms with Crippen molar-refractivity contribution >= 4 is 9.84 Å². The fourth-order valence-electron chi connectivity index (χ4n) is 0.972. The number of sulfone groups is 1. The lowest BCUT2D eigenvalue weighted by Crippen LogP contribution is -1.96. The van der Waals surface area contributed by atoms with Gasteiger partial charge in [-0.05, 0) is 24.1 Å². The summed E-state index contributed by atoms with van der Waals surface area (Å²) in [5, 5.41) is 1.77. The average molecular weight is 194 g/mol. The fourth-order valence-corrected chi connectivity index (χ4v) is 1.60. The summed E-state index contributed by atoms with van der Waals surface area (Å²) in [4.78, 5) is 0.187. The van der Waals surface area contributed by atoms with Crippen LogP contribution in [0.1, 0.15) is 12.5 Å². The minimum Gasteiger partial charge on any atom is -0.210 e. The highest BCUT2D eigenvalue weighted by molar-refractivity contribution is 7.96. The Bertz CT molecular complexity index is 421. The van der Waals surface area contributed by atoms with Crippen LogP contribution >= 0.6 is 0 Å². The molecule has 0 saturated carbocycles. The summed E-state index contributed by atoms with van der Waals surface area (Å²) in [7, 11) is -3.50. The van der Waals surface area contributed by atoms with E-state index in [0.29, 0.717) is 0 Å². The molecule has 0 spiro atoms. The predicted molar refractivity (Wildman–Crippen MR) is 51.8 cm³/mol. The highest BCUT2D eigenvalue weighted by Crippen LogP contribution is 2.11. The summed E-state index contributed by atoms with van der Waals surface area (Å²) >= 11 is 0. The first-order chi connectivity index (χ1) is 6.10. The van der Waals surface area contributed by atoms with E-state index >= 15 is 0 Å². The molecule has 0 saturated heterocycles.